The monoisotopic (exact) mass is 214 g/mol. The van der Waals surface area contributed by atoms with Gasteiger partial charge in [-0.05, 0) is 13.3 Å². The molecule has 11 heavy (non-hydrogen) atoms. The van der Waals surface area contributed by atoms with Crippen LogP contribution in [-0.4, -0.2) is 12.2 Å². The van der Waals surface area contributed by atoms with Gasteiger partial charge in [-0.1, -0.05) is 22.3 Å². The molecule has 3 unspecified atom stereocenters. The summed E-state index contributed by atoms with van der Waals surface area (Å²) in [6.45, 7) is 4.88. The quantitative estimate of drug-likeness (QED) is 0.633. The van der Waals surface area contributed by atoms with Crippen molar-refractivity contribution in [3.8, 4) is 0 Å². The molecular weight excluding hydrogens is 197 g/mol. The van der Waals surface area contributed by atoms with Crippen molar-refractivity contribution in [2.24, 2.45) is 0 Å². The molecule has 0 aliphatic heterocycles. The van der Waals surface area contributed by atoms with Crippen molar-refractivity contribution < 1.29 is 9.05 Å². The van der Waals surface area contributed by atoms with Crippen molar-refractivity contribution in [2.45, 2.75) is 32.3 Å². The zero-order valence-corrected chi connectivity index (χ0v) is 10.4. The average molecular weight is 214 g/mol. The zero-order valence-electron chi connectivity index (χ0n) is 7.09. The van der Waals surface area contributed by atoms with E-state index in [1.54, 1.807) is 0 Å². The molecule has 0 saturated carbocycles. The Morgan fingerprint density at radius 1 is 1.55 bits per heavy atom. The molecule has 0 fully saturated rings. The highest BCUT2D eigenvalue weighted by atomic mass is 32.0. The smallest absolute Gasteiger partial charge is 0.0933 e. The summed E-state index contributed by atoms with van der Waals surface area (Å²) in [5.74, 6) is 0. The Labute approximate surface area is 75.4 Å². The van der Waals surface area contributed by atoms with Crippen molar-refractivity contribution >= 4 is 26.9 Å². The van der Waals surface area contributed by atoms with Gasteiger partial charge in [0.2, 0.25) is 0 Å². The van der Waals surface area contributed by atoms with Gasteiger partial charge in [-0.15, -0.1) is 0 Å². The lowest BCUT2D eigenvalue weighted by molar-refractivity contribution is 0.0517. The molecule has 0 radical (unpaired) electrons. The summed E-state index contributed by atoms with van der Waals surface area (Å²) in [5.41, 5.74) is -0.101. The van der Waals surface area contributed by atoms with E-state index in [1.807, 2.05) is 0 Å². The minimum atomic E-state index is -0.101. The molecule has 2 nitrogen and oxygen atoms in total. The maximum Gasteiger partial charge on any atom is 0.0933 e. The second-order valence-electron chi connectivity index (χ2n) is 2.73. The first kappa shape index (κ1) is 12.2. The van der Waals surface area contributed by atoms with E-state index >= 15 is 0 Å². The van der Waals surface area contributed by atoms with Gasteiger partial charge in [0.25, 0.3) is 0 Å². The molecule has 0 aromatic carbocycles. The largest absolute Gasteiger partial charge is 0.363 e. The minimum absolute atomic E-state index is 0.101. The molecule has 0 amide bonds. The molecular formula is C6H17O2P3. The van der Waals surface area contributed by atoms with E-state index in [2.05, 4.69) is 32.2 Å². The van der Waals surface area contributed by atoms with Crippen LogP contribution in [0, 0.1) is 0 Å². The second-order valence-corrected chi connectivity index (χ2v) is 4.21. The second kappa shape index (κ2) is 6.70. The van der Waals surface area contributed by atoms with Crippen LogP contribution < -0.4 is 0 Å². The molecule has 0 aromatic rings. The highest BCUT2D eigenvalue weighted by molar-refractivity contribution is 8.00. The van der Waals surface area contributed by atoms with Gasteiger partial charge in [0.05, 0.1) is 12.2 Å². The Morgan fingerprint density at radius 3 is 2.55 bits per heavy atom. The Bertz CT molecular complexity index is 82.8. The Hall–Kier alpha value is 1.21. The summed E-state index contributed by atoms with van der Waals surface area (Å²) in [4.78, 5) is 0. The first-order valence-electron chi connectivity index (χ1n) is 3.64. The van der Waals surface area contributed by atoms with Crippen LogP contribution in [0.2, 0.25) is 0 Å². The summed E-state index contributed by atoms with van der Waals surface area (Å²) < 4.78 is 10.6. The van der Waals surface area contributed by atoms with Gasteiger partial charge in [0.15, 0.2) is 0 Å². The van der Waals surface area contributed by atoms with Crippen LogP contribution in [0.5, 0.6) is 0 Å². The minimum Gasteiger partial charge on any atom is -0.363 e. The average Bonchev–Trinajstić information content (AvgIpc) is 1.88. The molecule has 0 rings (SSSR count). The van der Waals surface area contributed by atoms with Crippen molar-refractivity contribution in [2.75, 3.05) is 6.61 Å². The summed E-state index contributed by atoms with van der Waals surface area (Å²) in [6, 6.07) is 0. The van der Waals surface area contributed by atoms with Crippen LogP contribution in [-0.2, 0) is 9.05 Å². The van der Waals surface area contributed by atoms with Crippen LogP contribution >= 0.6 is 26.9 Å². The molecule has 0 aromatic heterocycles. The molecule has 68 valence electrons. The van der Waals surface area contributed by atoms with Crippen molar-refractivity contribution in [3.05, 3.63) is 0 Å². The van der Waals surface area contributed by atoms with E-state index in [-0.39, 0.29) is 5.60 Å². The fourth-order valence-electron chi connectivity index (χ4n) is 1.00. The lowest BCUT2D eigenvalue weighted by Crippen LogP contribution is -2.30. The van der Waals surface area contributed by atoms with Crippen molar-refractivity contribution in [1.82, 2.24) is 0 Å². The number of hydrogen-bond donors (Lipinski definition) is 0. The third-order valence-electron chi connectivity index (χ3n) is 1.47. The normalized spacial score (nSPS) is 17.5. The number of hydrogen-bond acceptors (Lipinski definition) is 2. The first-order valence-corrected chi connectivity index (χ1v) is 6.82. The Morgan fingerprint density at radius 2 is 2.18 bits per heavy atom. The summed E-state index contributed by atoms with van der Waals surface area (Å²) in [6.07, 6.45) is 2.17. The van der Waals surface area contributed by atoms with E-state index in [9.17, 15) is 0 Å². The molecule has 0 saturated heterocycles. The maximum absolute atomic E-state index is 5.56. The predicted molar refractivity (Wildman–Crippen MR) is 58.1 cm³/mol. The molecule has 0 aliphatic rings. The maximum atomic E-state index is 5.56. The van der Waals surface area contributed by atoms with E-state index < -0.39 is 0 Å². The van der Waals surface area contributed by atoms with Gasteiger partial charge < -0.3 is 9.05 Å². The predicted octanol–water partition coefficient (Wildman–Crippen LogP) is 2.75. The van der Waals surface area contributed by atoms with Gasteiger partial charge in [0, 0.05) is 18.0 Å². The van der Waals surface area contributed by atoms with E-state index in [0.29, 0.717) is 15.1 Å². The SMILES string of the molecule is CCC[C@@](C)(COP)OPP. The van der Waals surface area contributed by atoms with Crippen molar-refractivity contribution in [1.29, 1.82) is 0 Å². The molecule has 5 heteroatoms. The lowest BCUT2D eigenvalue weighted by atomic mass is 10.0. The first-order chi connectivity index (χ1) is 5.18. The van der Waals surface area contributed by atoms with Crippen LogP contribution in [0.1, 0.15) is 26.7 Å². The van der Waals surface area contributed by atoms with Crippen LogP contribution in [0.4, 0.5) is 0 Å². The third kappa shape index (κ3) is 5.45. The van der Waals surface area contributed by atoms with Crippen molar-refractivity contribution in [3.63, 3.8) is 0 Å². The standard InChI is InChI=1S/C6H17O2P3/c1-3-4-6(2,5-7-9)8-11-10/h11H,3-5,9-10H2,1-2H3/t6-/m0/s1. The van der Waals surface area contributed by atoms with Gasteiger partial charge >= 0.3 is 0 Å². The molecule has 4 atom stereocenters. The lowest BCUT2D eigenvalue weighted by Gasteiger charge is -2.27. The van der Waals surface area contributed by atoms with Crippen LogP contribution in [0.3, 0.4) is 0 Å². The fraction of sp³-hybridized carbons (Fsp3) is 1.00. The highest BCUT2D eigenvalue weighted by Crippen LogP contribution is 2.32. The molecule has 0 aliphatic carbocycles. The summed E-state index contributed by atoms with van der Waals surface area (Å²) >= 11 is 0. The van der Waals surface area contributed by atoms with E-state index in [0.717, 1.165) is 12.8 Å². The molecule has 0 spiro atoms. The molecule has 0 N–H and O–H groups in total. The summed E-state index contributed by atoms with van der Waals surface area (Å²) in [7, 11) is 5.30. The Balaban J connectivity index is 3.79. The topological polar surface area (TPSA) is 18.5 Å². The molecule has 0 bridgehead atoms. The summed E-state index contributed by atoms with van der Waals surface area (Å²) in [5, 5.41) is 0. The van der Waals surface area contributed by atoms with Crippen LogP contribution in [0.25, 0.3) is 0 Å². The Kier molecular flexibility index (Phi) is 7.43. The number of rotatable bonds is 6. The van der Waals surface area contributed by atoms with E-state index in [1.165, 1.54) is 0 Å². The van der Waals surface area contributed by atoms with Crippen LogP contribution in [0.15, 0.2) is 0 Å². The van der Waals surface area contributed by atoms with Gasteiger partial charge in [-0.2, -0.15) is 0 Å². The fourth-order valence-corrected chi connectivity index (χ4v) is 2.65. The highest BCUT2D eigenvalue weighted by Gasteiger charge is 2.23. The van der Waals surface area contributed by atoms with Gasteiger partial charge in [0.1, 0.15) is 0 Å². The van der Waals surface area contributed by atoms with E-state index in [4.69, 9.17) is 9.05 Å². The molecule has 0 heterocycles. The van der Waals surface area contributed by atoms with Gasteiger partial charge in [-0.3, -0.25) is 0 Å². The van der Waals surface area contributed by atoms with Gasteiger partial charge in [-0.25, -0.2) is 0 Å². The third-order valence-corrected chi connectivity index (χ3v) is 2.60. The zero-order chi connectivity index (χ0) is 8.74.